The van der Waals surface area contributed by atoms with Crippen molar-refractivity contribution in [2.75, 3.05) is 6.61 Å². The van der Waals surface area contributed by atoms with Crippen molar-refractivity contribution in [1.29, 1.82) is 0 Å². The second-order valence-corrected chi connectivity index (χ2v) is 5.67. The van der Waals surface area contributed by atoms with Crippen molar-refractivity contribution < 1.29 is 9.90 Å². The van der Waals surface area contributed by atoms with Crippen LogP contribution in [0.2, 0.25) is 0 Å². The number of hydrogen-bond donors (Lipinski definition) is 3. The maximum absolute atomic E-state index is 11.9. The molecule has 0 spiro atoms. The van der Waals surface area contributed by atoms with E-state index in [1.165, 1.54) is 19.3 Å². The minimum absolute atomic E-state index is 0.0554. The van der Waals surface area contributed by atoms with Crippen LogP contribution in [0.25, 0.3) is 0 Å². The smallest absolute Gasteiger partial charge is 0.315 e. The minimum Gasteiger partial charge on any atom is -0.394 e. The maximum atomic E-state index is 11.9. The van der Waals surface area contributed by atoms with Crippen LogP contribution in [0, 0.1) is 5.92 Å². The molecule has 110 valence electrons. The Bertz CT molecular complexity index is 418. The number of urea groups is 1. The summed E-state index contributed by atoms with van der Waals surface area (Å²) in [5.41, 5.74) is 1.11. The molecule has 0 saturated heterocycles. The molecule has 1 fully saturated rings. The molecule has 0 bridgehead atoms. The number of carbonyl (C=O) groups is 1. The fourth-order valence-corrected chi connectivity index (χ4v) is 2.55. The summed E-state index contributed by atoms with van der Waals surface area (Å²) in [5, 5.41) is 15.2. The molecule has 1 aromatic carbocycles. The molecule has 1 saturated carbocycles. The van der Waals surface area contributed by atoms with Crippen LogP contribution in [-0.4, -0.2) is 29.8 Å². The molecule has 0 aliphatic heterocycles. The summed E-state index contributed by atoms with van der Waals surface area (Å²) in [5.74, 6) is 0.613. The molecule has 20 heavy (non-hydrogen) atoms. The Morgan fingerprint density at radius 1 is 1.30 bits per heavy atom. The Morgan fingerprint density at radius 3 is 2.55 bits per heavy atom. The van der Waals surface area contributed by atoms with Gasteiger partial charge >= 0.3 is 6.03 Å². The minimum atomic E-state index is -0.244. The molecule has 0 aromatic heterocycles. The average Bonchev–Trinajstić information content (AvgIpc) is 2.36. The van der Waals surface area contributed by atoms with Gasteiger partial charge in [-0.25, -0.2) is 4.79 Å². The van der Waals surface area contributed by atoms with Gasteiger partial charge < -0.3 is 15.7 Å². The fraction of sp³-hybridized carbons (Fsp3) is 0.562. The van der Waals surface area contributed by atoms with E-state index in [2.05, 4.69) is 17.6 Å². The van der Waals surface area contributed by atoms with E-state index in [4.69, 9.17) is 0 Å². The van der Waals surface area contributed by atoms with Crippen molar-refractivity contribution in [3.63, 3.8) is 0 Å². The summed E-state index contributed by atoms with van der Waals surface area (Å²) >= 11 is 0. The summed E-state index contributed by atoms with van der Waals surface area (Å²) in [6, 6.07) is 9.66. The van der Waals surface area contributed by atoms with E-state index < -0.39 is 0 Å². The van der Waals surface area contributed by atoms with E-state index in [9.17, 15) is 9.90 Å². The summed E-state index contributed by atoms with van der Waals surface area (Å²) in [6.45, 7) is 1.99. The third-order valence-electron chi connectivity index (χ3n) is 4.10. The van der Waals surface area contributed by atoms with Gasteiger partial charge in [0.25, 0.3) is 0 Å². The monoisotopic (exact) mass is 276 g/mol. The second kappa shape index (κ2) is 7.29. The lowest BCUT2D eigenvalue weighted by Gasteiger charge is -2.32. The Hall–Kier alpha value is -1.55. The number of amides is 2. The predicted molar refractivity (Wildman–Crippen MR) is 79.5 cm³/mol. The van der Waals surface area contributed by atoms with Crippen LogP contribution < -0.4 is 10.6 Å². The van der Waals surface area contributed by atoms with Crippen molar-refractivity contribution in [1.82, 2.24) is 10.6 Å². The lowest BCUT2D eigenvalue weighted by molar-refractivity contribution is 0.199. The molecule has 2 rings (SSSR count). The number of benzene rings is 1. The highest BCUT2D eigenvalue weighted by molar-refractivity contribution is 5.74. The summed E-state index contributed by atoms with van der Waals surface area (Å²) in [4.78, 5) is 11.9. The van der Waals surface area contributed by atoms with Gasteiger partial charge in [0.2, 0.25) is 0 Å². The topological polar surface area (TPSA) is 61.4 Å². The highest BCUT2D eigenvalue weighted by atomic mass is 16.3. The van der Waals surface area contributed by atoms with E-state index in [0.717, 1.165) is 5.56 Å². The van der Waals surface area contributed by atoms with Gasteiger partial charge in [-0.05, 0) is 37.7 Å². The molecule has 0 heterocycles. The van der Waals surface area contributed by atoms with Gasteiger partial charge in [-0.2, -0.15) is 0 Å². The molecule has 1 aliphatic rings. The van der Waals surface area contributed by atoms with Gasteiger partial charge in [0.1, 0.15) is 0 Å². The third kappa shape index (κ3) is 4.23. The lowest BCUT2D eigenvalue weighted by Crippen LogP contribution is -2.50. The Morgan fingerprint density at radius 2 is 2.00 bits per heavy atom. The number of rotatable bonds is 6. The lowest BCUT2D eigenvalue weighted by atomic mass is 9.80. The van der Waals surface area contributed by atoms with Crippen molar-refractivity contribution in [2.24, 2.45) is 5.92 Å². The molecule has 0 radical (unpaired) electrons. The molecule has 2 amide bonds. The third-order valence-corrected chi connectivity index (χ3v) is 4.10. The van der Waals surface area contributed by atoms with Gasteiger partial charge in [-0.3, -0.25) is 0 Å². The van der Waals surface area contributed by atoms with E-state index in [1.807, 2.05) is 30.3 Å². The first kappa shape index (κ1) is 14.9. The second-order valence-electron chi connectivity index (χ2n) is 5.67. The SMILES string of the molecule is CC(NC(=O)N[C@H](CO)Cc1ccccc1)C1CCC1. The molecule has 2 atom stereocenters. The zero-order chi connectivity index (χ0) is 14.4. The molecule has 1 unspecified atom stereocenters. The molecule has 1 aromatic rings. The first-order chi connectivity index (χ1) is 9.69. The van der Waals surface area contributed by atoms with Gasteiger partial charge in [0.05, 0.1) is 12.6 Å². The first-order valence-corrected chi connectivity index (χ1v) is 7.41. The molecule has 1 aliphatic carbocycles. The van der Waals surface area contributed by atoms with E-state index in [-0.39, 0.29) is 24.7 Å². The highest BCUT2D eigenvalue weighted by Gasteiger charge is 2.25. The molecular weight excluding hydrogens is 252 g/mol. The summed E-state index contributed by atoms with van der Waals surface area (Å²) in [7, 11) is 0. The van der Waals surface area contributed by atoms with Crippen LogP contribution >= 0.6 is 0 Å². The molecule has 4 nitrogen and oxygen atoms in total. The maximum Gasteiger partial charge on any atom is 0.315 e. The number of carbonyl (C=O) groups excluding carboxylic acids is 1. The van der Waals surface area contributed by atoms with Crippen LogP contribution in [0.1, 0.15) is 31.7 Å². The van der Waals surface area contributed by atoms with Gasteiger partial charge in [0.15, 0.2) is 0 Å². The molecule has 3 N–H and O–H groups in total. The number of nitrogens with one attached hydrogen (secondary N) is 2. The summed E-state index contributed by atoms with van der Waals surface area (Å²) < 4.78 is 0. The Kier molecular flexibility index (Phi) is 5.41. The van der Waals surface area contributed by atoms with Crippen molar-refractivity contribution in [2.45, 2.75) is 44.7 Å². The number of hydrogen-bond acceptors (Lipinski definition) is 2. The van der Waals surface area contributed by atoms with Crippen molar-refractivity contribution >= 4 is 6.03 Å². The average molecular weight is 276 g/mol. The van der Waals surface area contributed by atoms with Crippen LogP contribution in [0.5, 0.6) is 0 Å². The van der Waals surface area contributed by atoms with E-state index in [1.54, 1.807) is 0 Å². The van der Waals surface area contributed by atoms with Crippen LogP contribution in [-0.2, 0) is 6.42 Å². The standard InChI is InChI=1S/C16H24N2O2/c1-12(14-8-5-9-14)17-16(20)18-15(11-19)10-13-6-3-2-4-7-13/h2-4,6-7,12,14-15,19H,5,8-11H2,1H3,(H2,17,18,20)/t12?,15-/m0/s1. The van der Waals surface area contributed by atoms with E-state index >= 15 is 0 Å². The Labute approximate surface area is 120 Å². The van der Waals surface area contributed by atoms with Crippen molar-refractivity contribution in [3.8, 4) is 0 Å². The summed E-state index contributed by atoms with van der Waals surface area (Å²) in [6.07, 6.45) is 4.32. The zero-order valence-electron chi connectivity index (χ0n) is 12.0. The molecule has 4 heteroatoms. The Balaban J connectivity index is 1.78. The van der Waals surface area contributed by atoms with Crippen molar-refractivity contribution in [3.05, 3.63) is 35.9 Å². The number of aliphatic hydroxyl groups excluding tert-OH is 1. The van der Waals surface area contributed by atoms with Crippen LogP contribution in [0.4, 0.5) is 4.79 Å². The predicted octanol–water partition coefficient (Wildman–Crippen LogP) is 2.08. The largest absolute Gasteiger partial charge is 0.394 e. The van der Waals surface area contributed by atoms with Crippen LogP contribution in [0.3, 0.4) is 0 Å². The quantitative estimate of drug-likeness (QED) is 0.745. The normalized spacial score (nSPS) is 17.9. The fourth-order valence-electron chi connectivity index (χ4n) is 2.55. The molecular formula is C16H24N2O2. The number of aliphatic hydroxyl groups is 1. The van der Waals surface area contributed by atoms with E-state index in [0.29, 0.717) is 12.3 Å². The van der Waals surface area contributed by atoms with Crippen LogP contribution in [0.15, 0.2) is 30.3 Å². The van der Waals surface area contributed by atoms with Gasteiger partial charge in [-0.1, -0.05) is 36.8 Å². The van der Waals surface area contributed by atoms with Gasteiger partial charge in [0, 0.05) is 6.04 Å². The highest BCUT2D eigenvalue weighted by Crippen LogP contribution is 2.29. The van der Waals surface area contributed by atoms with Gasteiger partial charge in [-0.15, -0.1) is 0 Å². The first-order valence-electron chi connectivity index (χ1n) is 7.41. The zero-order valence-corrected chi connectivity index (χ0v) is 12.0.